The molecule has 1 aliphatic carbocycles. The minimum atomic E-state index is -0.494. The van der Waals surface area contributed by atoms with Gasteiger partial charge in [0, 0.05) is 17.3 Å². The highest BCUT2D eigenvalue weighted by Crippen LogP contribution is 2.39. The summed E-state index contributed by atoms with van der Waals surface area (Å²) in [4.78, 5) is 23.4. The molecule has 3 N–H and O–H groups in total. The van der Waals surface area contributed by atoms with Crippen LogP contribution in [0.15, 0.2) is 29.4 Å². The van der Waals surface area contributed by atoms with Gasteiger partial charge in [-0.1, -0.05) is 11.8 Å². The van der Waals surface area contributed by atoms with Crippen LogP contribution in [0.2, 0.25) is 0 Å². The Balaban J connectivity index is 1.63. The fourth-order valence-electron chi connectivity index (χ4n) is 2.36. The number of hydrogen-bond acceptors (Lipinski definition) is 5. The van der Waals surface area contributed by atoms with Crippen LogP contribution >= 0.6 is 11.8 Å². The first-order valence-corrected chi connectivity index (χ1v) is 8.62. The Hall–Kier alpha value is -2.35. The fraction of sp³-hybridized carbons (Fsp3) is 0.375. The molecule has 2 aromatic rings. The maximum absolute atomic E-state index is 12.4. The molecule has 1 fully saturated rings. The van der Waals surface area contributed by atoms with Crippen molar-refractivity contribution in [2.45, 2.75) is 43.1 Å². The summed E-state index contributed by atoms with van der Waals surface area (Å²) in [6.45, 7) is 3.76. The number of nitrogens with zero attached hydrogens (tertiary/aromatic N) is 3. The van der Waals surface area contributed by atoms with Crippen molar-refractivity contribution < 1.29 is 9.59 Å². The number of anilines is 1. The van der Waals surface area contributed by atoms with E-state index >= 15 is 0 Å². The lowest BCUT2D eigenvalue weighted by Crippen LogP contribution is -2.23. The summed E-state index contributed by atoms with van der Waals surface area (Å²) in [5, 5.41) is 11.6. The van der Waals surface area contributed by atoms with Crippen molar-refractivity contribution in [3.8, 4) is 0 Å². The van der Waals surface area contributed by atoms with E-state index in [9.17, 15) is 9.59 Å². The largest absolute Gasteiger partial charge is 0.366 e. The molecule has 0 radical (unpaired) electrons. The van der Waals surface area contributed by atoms with Gasteiger partial charge in [-0.25, -0.2) is 0 Å². The van der Waals surface area contributed by atoms with Crippen molar-refractivity contribution in [2.24, 2.45) is 5.73 Å². The Bertz CT molecular complexity index is 767. The van der Waals surface area contributed by atoms with Gasteiger partial charge in [-0.3, -0.25) is 9.59 Å². The Labute approximate surface area is 144 Å². The van der Waals surface area contributed by atoms with Crippen LogP contribution in [0.25, 0.3) is 0 Å². The maximum Gasteiger partial charge on any atom is 0.248 e. The molecule has 3 rings (SSSR count). The second-order valence-electron chi connectivity index (χ2n) is 5.82. The highest BCUT2D eigenvalue weighted by Gasteiger charge is 2.29. The molecule has 0 spiro atoms. The summed E-state index contributed by atoms with van der Waals surface area (Å²) in [5.74, 6) is 0.260. The zero-order chi connectivity index (χ0) is 17.3. The lowest BCUT2D eigenvalue weighted by Gasteiger charge is -2.13. The van der Waals surface area contributed by atoms with Crippen molar-refractivity contribution in [1.29, 1.82) is 0 Å². The number of amides is 2. The molecule has 1 unspecified atom stereocenters. The van der Waals surface area contributed by atoms with Gasteiger partial charge < -0.3 is 15.6 Å². The second-order valence-corrected chi connectivity index (χ2v) is 7.13. The number of aromatic nitrogens is 3. The van der Waals surface area contributed by atoms with Crippen molar-refractivity contribution in [1.82, 2.24) is 14.8 Å². The van der Waals surface area contributed by atoms with Crippen LogP contribution in [0.3, 0.4) is 0 Å². The summed E-state index contributed by atoms with van der Waals surface area (Å²) >= 11 is 1.40. The van der Waals surface area contributed by atoms with Gasteiger partial charge in [0.05, 0.1) is 5.25 Å². The summed E-state index contributed by atoms with van der Waals surface area (Å²) < 4.78 is 2.11. The molecule has 126 valence electrons. The number of nitrogens with one attached hydrogen (secondary N) is 1. The Morgan fingerprint density at radius 3 is 2.54 bits per heavy atom. The Morgan fingerprint density at radius 1 is 1.29 bits per heavy atom. The van der Waals surface area contributed by atoms with Crippen LogP contribution in [0.1, 0.15) is 42.0 Å². The van der Waals surface area contributed by atoms with E-state index in [1.165, 1.54) is 11.8 Å². The second kappa shape index (κ2) is 6.64. The molecule has 1 aliphatic rings. The SMILES string of the molecule is Cc1nnc(SC(C)C(=O)Nc2ccc(C(N)=O)cc2)n1C1CC1. The normalized spacial score (nSPS) is 15.1. The topological polar surface area (TPSA) is 103 Å². The van der Waals surface area contributed by atoms with Gasteiger partial charge in [0.2, 0.25) is 11.8 Å². The zero-order valence-electron chi connectivity index (χ0n) is 13.5. The number of aryl methyl sites for hydroxylation is 1. The van der Waals surface area contributed by atoms with Crippen molar-refractivity contribution in [3.05, 3.63) is 35.7 Å². The quantitative estimate of drug-likeness (QED) is 0.781. The van der Waals surface area contributed by atoms with E-state index in [2.05, 4.69) is 20.1 Å². The lowest BCUT2D eigenvalue weighted by molar-refractivity contribution is -0.115. The average molecular weight is 345 g/mol. The molecule has 1 saturated carbocycles. The van der Waals surface area contributed by atoms with Crippen LogP contribution in [-0.2, 0) is 4.79 Å². The number of carbonyl (C=O) groups excluding carboxylic acids is 2. The van der Waals surface area contributed by atoms with Gasteiger partial charge in [0.15, 0.2) is 5.16 Å². The predicted molar refractivity (Wildman–Crippen MR) is 91.9 cm³/mol. The smallest absolute Gasteiger partial charge is 0.248 e. The number of rotatable bonds is 6. The van der Waals surface area contributed by atoms with E-state index < -0.39 is 5.91 Å². The first-order chi connectivity index (χ1) is 11.5. The number of benzene rings is 1. The molecule has 2 amide bonds. The molecule has 0 aliphatic heterocycles. The number of thioether (sulfide) groups is 1. The van der Waals surface area contributed by atoms with Crippen molar-refractivity contribution in [2.75, 3.05) is 5.32 Å². The van der Waals surface area contributed by atoms with Crippen LogP contribution in [0, 0.1) is 6.92 Å². The minimum Gasteiger partial charge on any atom is -0.366 e. The molecular formula is C16H19N5O2S. The number of hydrogen-bond donors (Lipinski definition) is 2. The van der Waals surface area contributed by atoms with E-state index in [1.807, 2.05) is 13.8 Å². The average Bonchev–Trinajstić information content (AvgIpc) is 3.32. The van der Waals surface area contributed by atoms with E-state index in [1.54, 1.807) is 24.3 Å². The number of primary amides is 1. The summed E-state index contributed by atoms with van der Waals surface area (Å²) in [6, 6.07) is 6.96. The monoisotopic (exact) mass is 345 g/mol. The van der Waals surface area contributed by atoms with Crippen molar-refractivity contribution in [3.63, 3.8) is 0 Å². The Morgan fingerprint density at radius 2 is 1.96 bits per heavy atom. The zero-order valence-corrected chi connectivity index (χ0v) is 14.3. The summed E-state index contributed by atoms with van der Waals surface area (Å²) in [7, 11) is 0. The first kappa shape index (κ1) is 16.5. The van der Waals surface area contributed by atoms with Gasteiger partial charge in [0.25, 0.3) is 0 Å². The molecule has 1 aromatic heterocycles. The number of carbonyl (C=O) groups is 2. The van der Waals surface area contributed by atoms with Gasteiger partial charge in [-0.2, -0.15) is 0 Å². The minimum absolute atomic E-state index is 0.130. The van der Waals surface area contributed by atoms with Gasteiger partial charge in [0.1, 0.15) is 5.82 Å². The van der Waals surface area contributed by atoms with E-state index in [0.29, 0.717) is 17.3 Å². The third-order valence-corrected chi connectivity index (χ3v) is 4.89. The summed E-state index contributed by atoms with van der Waals surface area (Å²) in [5.41, 5.74) is 6.23. The van der Waals surface area contributed by atoms with Gasteiger partial charge >= 0.3 is 0 Å². The highest BCUT2D eigenvalue weighted by atomic mass is 32.2. The Kier molecular flexibility index (Phi) is 4.57. The van der Waals surface area contributed by atoms with Crippen LogP contribution in [-0.4, -0.2) is 31.8 Å². The van der Waals surface area contributed by atoms with E-state index in [-0.39, 0.29) is 11.2 Å². The third-order valence-electron chi connectivity index (χ3n) is 3.84. The molecule has 8 heteroatoms. The molecule has 0 bridgehead atoms. The maximum atomic E-state index is 12.4. The van der Waals surface area contributed by atoms with Crippen LogP contribution in [0.5, 0.6) is 0 Å². The number of nitrogens with two attached hydrogens (primary N) is 1. The van der Waals surface area contributed by atoms with Gasteiger partial charge in [-0.05, 0) is 51.0 Å². The molecule has 7 nitrogen and oxygen atoms in total. The van der Waals surface area contributed by atoms with E-state index in [0.717, 1.165) is 23.8 Å². The van der Waals surface area contributed by atoms with Crippen molar-refractivity contribution >= 4 is 29.3 Å². The van der Waals surface area contributed by atoms with Crippen LogP contribution < -0.4 is 11.1 Å². The third kappa shape index (κ3) is 3.59. The van der Waals surface area contributed by atoms with E-state index in [4.69, 9.17) is 5.73 Å². The molecular weight excluding hydrogens is 326 g/mol. The predicted octanol–water partition coefficient (Wildman–Crippen LogP) is 2.14. The molecule has 1 heterocycles. The summed E-state index contributed by atoms with van der Waals surface area (Å²) in [6.07, 6.45) is 2.28. The first-order valence-electron chi connectivity index (χ1n) is 7.74. The molecule has 24 heavy (non-hydrogen) atoms. The molecule has 0 saturated heterocycles. The van der Waals surface area contributed by atoms with Gasteiger partial charge in [-0.15, -0.1) is 10.2 Å². The standard InChI is InChI=1S/C16H19N5O2S/c1-9(24-16-20-19-10(2)21(16)13-7-8-13)15(23)18-12-5-3-11(4-6-12)14(17)22/h3-6,9,13H,7-8H2,1-2H3,(H2,17,22)(H,18,23). The van der Waals surface area contributed by atoms with Crippen LogP contribution in [0.4, 0.5) is 5.69 Å². The fourth-order valence-corrected chi connectivity index (χ4v) is 3.32. The molecule has 1 atom stereocenters. The molecule has 1 aromatic carbocycles. The highest BCUT2D eigenvalue weighted by molar-refractivity contribution is 8.00. The lowest BCUT2D eigenvalue weighted by atomic mass is 10.2.